The SMILES string of the molecule is CCC1(COC(=O)NC2(C)CC2)CC(c2cnc(Nc3ccc(S(N)(=O)=O)cc3F)nc2)C1. The van der Waals surface area contributed by atoms with Crippen molar-refractivity contribution in [2.75, 3.05) is 11.9 Å². The topological polar surface area (TPSA) is 136 Å². The van der Waals surface area contributed by atoms with E-state index in [9.17, 15) is 17.6 Å². The highest BCUT2D eigenvalue weighted by atomic mass is 32.2. The molecule has 1 amide bonds. The first-order valence-electron chi connectivity index (χ1n) is 10.9. The van der Waals surface area contributed by atoms with Gasteiger partial charge >= 0.3 is 6.09 Å². The third kappa shape index (κ3) is 5.41. The Labute approximate surface area is 192 Å². The number of halogens is 1. The van der Waals surface area contributed by atoms with Crippen molar-refractivity contribution in [3.05, 3.63) is 42.0 Å². The molecule has 2 aliphatic carbocycles. The van der Waals surface area contributed by atoms with E-state index in [1.807, 2.05) is 6.92 Å². The largest absolute Gasteiger partial charge is 0.449 e. The van der Waals surface area contributed by atoms with E-state index < -0.39 is 15.8 Å². The molecule has 11 heteroatoms. The number of carbonyl (C=O) groups excluding carboxylic acids is 1. The molecule has 0 unspecified atom stereocenters. The summed E-state index contributed by atoms with van der Waals surface area (Å²) in [5.74, 6) is -0.325. The van der Waals surface area contributed by atoms with E-state index in [1.54, 1.807) is 12.4 Å². The highest BCUT2D eigenvalue weighted by Crippen LogP contribution is 2.53. The van der Waals surface area contributed by atoms with Gasteiger partial charge in [-0.25, -0.2) is 32.7 Å². The van der Waals surface area contributed by atoms with Gasteiger partial charge < -0.3 is 15.4 Å². The molecule has 0 bridgehead atoms. The van der Waals surface area contributed by atoms with Gasteiger partial charge in [-0.05, 0) is 68.7 Å². The maximum atomic E-state index is 14.2. The number of ether oxygens (including phenoxy) is 1. The lowest BCUT2D eigenvalue weighted by atomic mass is 9.59. The van der Waals surface area contributed by atoms with Crippen LogP contribution in [0.5, 0.6) is 0 Å². The summed E-state index contributed by atoms with van der Waals surface area (Å²) in [7, 11) is -3.98. The van der Waals surface area contributed by atoms with Gasteiger partial charge in [-0.15, -0.1) is 0 Å². The molecule has 0 spiro atoms. The Kier molecular flexibility index (Phi) is 6.04. The fraction of sp³-hybridized carbons (Fsp3) is 0.500. The number of hydrogen-bond donors (Lipinski definition) is 3. The van der Waals surface area contributed by atoms with Crippen LogP contribution < -0.4 is 15.8 Å². The van der Waals surface area contributed by atoms with Gasteiger partial charge in [0.1, 0.15) is 5.82 Å². The smallest absolute Gasteiger partial charge is 0.407 e. The number of nitrogens with one attached hydrogen (secondary N) is 2. The molecule has 1 heterocycles. The number of benzene rings is 1. The van der Waals surface area contributed by atoms with Gasteiger partial charge in [0.25, 0.3) is 0 Å². The highest BCUT2D eigenvalue weighted by Gasteiger charge is 2.45. The van der Waals surface area contributed by atoms with Crippen LogP contribution in [-0.4, -0.2) is 36.6 Å². The summed E-state index contributed by atoms with van der Waals surface area (Å²) in [6.07, 6.45) is 7.65. The molecule has 0 aliphatic heterocycles. The number of nitrogens with two attached hydrogens (primary N) is 1. The fourth-order valence-corrected chi connectivity index (χ4v) is 4.58. The molecule has 0 radical (unpaired) electrons. The van der Waals surface area contributed by atoms with Crippen molar-refractivity contribution in [2.45, 2.75) is 62.3 Å². The standard InChI is InChI=1S/C22H28FN5O4S/c1-3-22(13-32-20(29)28-21(2)6-7-21)9-14(10-22)15-11-25-19(26-12-15)27-18-5-4-16(8-17(18)23)33(24,30)31/h4-5,8,11-12,14H,3,6-7,9-10,13H2,1-2H3,(H,28,29)(H2,24,30,31)(H,25,26,27). The normalized spacial score (nSPS) is 23.3. The Hall–Kier alpha value is -2.79. The average molecular weight is 478 g/mol. The number of alkyl carbamates (subject to hydrolysis) is 1. The average Bonchev–Trinajstić information content (AvgIpc) is 3.45. The van der Waals surface area contributed by atoms with Crippen molar-refractivity contribution in [1.29, 1.82) is 0 Å². The summed E-state index contributed by atoms with van der Waals surface area (Å²) in [6, 6.07) is 3.33. The van der Waals surface area contributed by atoms with Gasteiger partial charge in [0.15, 0.2) is 0 Å². The van der Waals surface area contributed by atoms with Gasteiger partial charge in [-0.2, -0.15) is 0 Å². The molecule has 2 aromatic rings. The second kappa shape index (κ2) is 8.53. The van der Waals surface area contributed by atoms with Crippen LogP contribution in [0.15, 0.2) is 35.5 Å². The lowest BCUT2D eigenvalue weighted by molar-refractivity contribution is 0.00755. The molecule has 2 fully saturated rings. The third-order valence-electron chi connectivity index (χ3n) is 6.68. The van der Waals surface area contributed by atoms with Crippen molar-refractivity contribution >= 4 is 27.8 Å². The first-order valence-corrected chi connectivity index (χ1v) is 12.4. The van der Waals surface area contributed by atoms with Crippen molar-refractivity contribution in [2.24, 2.45) is 10.6 Å². The Morgan fingerprint density at radius 1 is 1.27 bits per heavy atom. The van der Waals surface area contributed by atoms with Gasteiger partial charge in [-0.3, -0.25) is 0 Å². The Bertz CT molecular complexity index is 1150. The van der Waals surface area contributed by atoms with E-state index in [0.717, 1.165) is 43.7 Å². The minimum Gasteiger partial charge on any atom is -0.449 e. The molecule has 1 aromatic heterocycles. The molecule has 2 aliphatic rings. The number of primary sulfonamides is 1. The summed E-state index contributed by atoms with van der Waals surface area (Å²) in [5.41, 5.74) is 0.861. The Morgan fingerprint density at radius 3 is 2.48 bits per heavy atom. The summed E-state index contributed by atoms with van der Waals surface area (Å²) in [6.45, 7) is 4.49. The highest BCUT2D eigenvalue weighted by molar-refractivity contribution is 7.89. The summed E-state index contributed by atoms with van der Waals surface area (Å²) >= 11 is 0. The van der Waals surface area contributed by atoms with Crippen molar-refractivity contribution in [1.82, 2.24) is 15.3 Å². The maximum absolute atomic E-state index is 14.2. The van der Waals surface area contributed by atoms with E-state index in [1.165, 1.54) is 12.1 Å². The van der Waals surface area contributed by atoms with Crippen LogP contribution in [0.2, 0.25) is 0 Å². The lowest BCUT2D eigenvalue weighted by Gasteiger charge is -2.47. The quantitative estimate of drug-likeness (QED) is 0.529. The molecule has 1 aromatic carbocycles. The molecule has 9 nitrogen and oxygen atoms in total. The van der Waals surface area contributed by atoms with E-state index in [4.69, 9.17) is 9.88 Å². The van der Waals surface area contributed by atoms with E-state index in [-0.39, 0.29) is 39.5 Å². The second-order valence-electron chi connectivity index (χ2n) is 9.37. The predicted octanol–water partition coefficient (Wildman–Crippen LogP) is 3.56. The molecule has 33 heavy (non-hydrogen) atoms. The molecule has 178 valence electrons. The van der Waals surface area contributed by atoms with Gasteiger partial charge in [0.05, 0.1) is 17.2 Å². The van der Waals surface area contributed by atoms with Crippen LogP contribution in [0, 0.1) is 11.2 Å². The lowest BCUT2D eigenvalue weighted by Crippen LogP contribution is -2.42. The monoisotopic (exact) mass is 477 g/mol. The fourth-order valence-electron chi connectivity index (χ4n) is 4.05. The van der Waals surface area contributed by atoms with Crippen LogP contribution >= 0.6 is 0 Å². The summed E-state index contributed by atoms with van der Waals surface area (Å²) in [4.78, 5) is 20.2. The minimum atomic E-state index is -3.98. The molecule has 0 saturated heterocycles. The zero-order valence-corrected chi connectivity index (χ0v) is 19.4. The van der Waals surface area contributed by atoms with Crippen molar-refractivity contribution < 1.29 is 22.3 Å². The number of rotatable bonds is 8. The van der Waals surface area contributed by atoms with Crippen LogP contribution in [0.4, 0.5) is 20.8 Å². The van der Waals surface area contributed by atoms with Gasteiger partial charge in [0, 0.05) is 23.3 Å². The van der Waals surface area contributed by atoms with Crippen molar-refractivity contribution in [3.63, 3.8) is 0 Å². The zero-order valence-electron chi connectivity index (χ0n) is 18.6. The molecule has 0 atom stereocenters. The van der Waals surface area contributed by atoms with Crippen molar-refractivity contribution in [3.8, 4) is 0 Å². The van der Waals surface area contributed by atoms with Gasteiger partial charge in [0.2, 0.25) is 16.0 Å². The van der Waals surface area contributed by atoms with E-state index in [0.29, 0.717) is 6.61 Å². The van der Waals surface area contributed by atoms with Crippen LogP contribution in [0.3, 0.4) is 0 Å². The summed E-state index contributed by atoms with van der Waals surface area (Å²) < 4.78 is 42.4. The zero-order chi connectivity index (χ0) is 23.9. The molecule has 2 saturated carbocycles. The predicted molar refractivity (Wildman–Crippen MR) is 120 cm³/mol. The third-order valence-corrected chi connectivity index (χ3v) is 7.59. The first-order chi connectivity index (χ1) is 15.5. The van der Waals surface area contributed by atoms with Crippen LogP contribution in [-0.2, 0) is 14.8 Å². The van der Waals surface area contributed by atoms with Gasteiger partial charge in [-0.1, -0.05) is 6.92 Å². The Morgan fingerprint density at radius 2 is 1.94 bits per heavy atom. The number of carbonyl (C=O) groups is 1. The molecular weight excluding hydrogens is 449 g/mol. The van der Waals surface area contributed by atoms with E-state index >= 15 is 0 Å². The van der Waals surface area contributed by atoms with E-state index in [2.05, 4.69) is 27.5 Å². The summed E-state index contributed by atoms with van der Waals surface area (Å²) in [5, 5.41) is 10.7. The molecule has 4 rings (SSSR count). The Balaban J connectivity index is 1.32. The van der Waals surface area contributed by atoms with Crippen LogP contribution in [0.1, 0.15) is 57.4 Å². The molecular formula is C22H28FN5O4S. The number of amides is 1. The number of nitrogens with zero attached hydrogens (tertiary/aromatic N) is 2. The molecule has 4 N–H and O–H groups in total. The first kappa shape index (κ1) is 23.4. The minimum absolute atomic E-state index is 0.0410. The number of hydrogen-bond acceptors (Lipinski definition) is 7. The number of sulfonamides is 1. The second-order valence-corrected chi connectivity index (χ2v) is 10.9. The number of aromatic nitrogens is 2. The van der Waals surface area contributed by atoms with Crippen LogP contribution in [0.25, 0.3) is 0 Å². The number of anilines is 2. The maximum Gasteiger partial charge on any atom is 0.407 e.